The molecule has 0 saturated carbocycles. The van der Waals surface area contributed by atoms with Gasteiger partial charge >= 0.3 is 5.97 Å². The molecule has 2 aromatic rings. The van der Waals surface area contributed by atoms with Gasteiger partial charge in [0.2, 0.25) is 0 Å². The van der Waals surface area contributed by atoms with Gasteiger partial charge in [-0.3, -0.25) is 4.79 Å². The van der Waals surface area contributed by atoms with Crippen LogP contribution in [0.1, 0.15) is 17.3 Å². The van der Waals surface area contributed by atoms with E-state index in [9.17, 15) is 9.59 Å². The number of carbonyl (C=O) groups excluding carboxylic acids is 2. The molecule has 0 bridgehead atoms. The van der Waals surface area contributed by atoms with Crippen LogP contribution in [0.5, 0.6) is 5.75 Å². The van der Waals surface area contributed by atoms with E-state index in [0.29, 0.717) is 11.3 Å². The van der Waals surface area contributed by atoms with E-state index >= 15 is 0 Å². The van der Waals surface area contributed by atoms with Crippen LogP contribution in [-0.4, -0.2) is 25.5 Å². The molecule has 0 radical (unpaired) electrons. The molecule has 19 heavy (non-hydrogen) atoms. The van der Waals surface area contributed by atoms with Gasteiger partial charge < -0.3 is 9.47 Å². The summed E-state index contributed by atoms with van der Waals surface area (Å²) >= 11 is 0. The lowest BCUT2D eigenvalue weighted by Gasteiger charge is -2.06. The summed E-state index contributed by atoms with van der Waals surface area (Å²) in [4.78, 5) is 22.3. The van der Waals surface area contributed by atoms with Crippen molar-refractivity contribution in [3.63, 3.8) is 0 Å². The Balaban J connectivity index is 2.24. The number of hydrogen-bond acceptors (Lipinski definition) is 4. The van der Waals surface area contributed by atoms with Crippen molar-refractivity contribution in [3.8, 4) is 5.75 Å². The third-order valence-corrected chi connectivity index (χ3v) is 2.80. The van der Waals surface area contributed by atoms with Gasteiger partial charge in [0.15, 0.2) is 12.4 Å². The number of rotatable bonds is 4. The Morgan fingerprint density at radius 1 is 1.05 bits per heavy atom. The van der Waals surface area contributed by atoms with Crippen LogP contribution in [0.2, 0.25) is 0 Å². The molecule has 98 valence electrons. The van der Waals surface area contributed by atoms with E-state index in [1.165, 1.54) is 14.0 Å². The monoisotopic (exact) mass is 258 g/mol. The largest absolute Gasteiger partial charge is 0.482 e. The highest BCUT2D eigenvalue weighted by atomic mass is 16.6. The Kier molecular flexibility index (Phi) is 3.80. The summed E-state index contributed by atoms with van der Waals surface area (Å²) in [5.41, 5.74) is 0.677. The first-order chi connectivity index (χ1) is 9.10. The SMILES string of the molecule is COC(=O)COc1ccc2cc(C(C)=O)ccc2c1. The molecule has 0 heterocycles. The molecule has 0 N–H and O–H groups in total. The predicted octanol–water partition coefficient (Wildman–Crippen LogP) is 2.59. The summed E-state index contributed by atoms with van der Waals surface area (Å²) < 4.78 is 9.80. The minimum absolute atomic E-state index is 0.0351. The fourth-order valence-corrected chi connectivity index (χ4v) is 1.73. The fraction of sp³-hybridized carbons (Fsp3) is 0.200. The molecule has 0 amide bonds. The maximum absolute atomic E-state index is 11.3. The van der Waals surface area contributed by atoms with Crippen LogP contribution in [-0.2, 0) is 9.53 Å². The van der Waals surface area contributed by atoms with E-state index in [-0.39, 0.29) is 12.4 Å². The number of hydrogen-bond donors (Lipinski definition) is 0. The molecule has 0 fully saturated rings. The maximum atomic E-state index is 11.3. The average molecular weight is 258 g/mol. The predicted molar refractivity (Wildman–Crippen MR) is 71.5 cm³/mol. The average Bonchev–Trinajstić information content (AvgIpc) is 2.43. The van der Waals surface area contributed by atoms with Crippen molar-refractivity contribution in [2.45, 2.75) is 6.92 Å². The van der Waals surface area contributed by atoms with E-state index in [1.807, 2.05) is 24.3 Å². The van der Waals surface area contributed by atoms with Crippen molar-refractivity contribution in [1.82, 2.24) is 0 Å². The fourth-order valence-electron chi connectivity index (χ4n) is 1.73. The Bertz CT molecular complexity index is 631. The summed E-state index contributed by atoms with van der Waals surface area (Å²) in [6.45, 7) is 1.42. The number of methoxy groups -OCH3 is 1. The summed E-state index contributed by atoms with van der Waals surface area (Å²) in [6, 6.07) is 10.9. The number of benzene rings is 2. The Labute approximate surface area is 110 Å². The lowest BCUT2D eigenvalue weighted by atomic mass is 10.0. The van der Waals surface area contributed by atoms with Gasteiger partial charge in [-0.25, -0.2) is 4.79 Å². The van der Waals surface area contributed by atoms with Crippen molar-refractivity contribution in [1.29, 1.82) is 0 Å². The quantitative estimate of drug-likeness (QED) is 0.624. The zero-order valence-corrected chi connectivity index (χ0v) is 10.8. The number of esters is 1. The molecule has 4 heteroatoms. The second-order valence-corrected chi connectivity index (χ2v) is 4.14. The summed E-state index contributed by atoms with van der Waals surface area (Å²) in [6.07, 6.45) is 0. The summed E-state index contributed by atoms with van der Waals surface area (Å²) in [7, 11) is 1.31. The number of ketones is 1. The Morgan fingerprint density at radius 3 is 2.42 bits per heavy atom. The minimum Gasteiger partial charge on any atom is -0.482 e. The molecule has 0 spiro atoms. The smallest absolute Gasteiger partial charge is 0.343 e. The first-order valence-corrected chi connectivity index (χ1v) is 5.84. The number of carbonyl (C=O) groups is 2. The second kappa shape index (κ2) is 5.52. The van der Waals surface area contributed by atoms with Crippen LogP contribution in [0, 0.1) is 0 Å². The van der Waals surface area contributed by atoms with Crippen molar-refractivity contribution in [2.75, 3.05) is 13.7 Å². The molecule has 4 nitrogen and oxygen atoms in total. The Hall–Kier alpha value is -2.36. The van der Waals surface area contributed by atoms with Crippen molar-refractivity contribution in [3.05, 3.63) is 42.0 Å². The molecule has 0 atom stereocenters. The lowest BCUT2D eigenvalue weighted by Crippen LogP contribution is -2.12. The topological polar surface area (TPSA) is 52.6 Å². The molecule has 0 aromatic heterocycles. The van der Waals surface area contributed by atoms with Crippen LogP contribution in [0.4, 0.5) is 0 Å². The molecular formula is C15H14O4. The van der Waals surface area contributed by atoms with Crippen molar-refractivity contribution in [2.24, 2.45) is 0 Å². The van der Waals surface area contributed by atoms with Crippen LogP contribution >= 0.6 is 0 Å². The molecule has 0 saturated heterocycles. The van der Waals surface area contributed by atoms with Gasteiger partial charge in [0.1, 0.15) is 5.75 Å². The van der Waals surface area contributed by atoms with E-state index in [1.54, 1.807) is 12.1 Å². The first kappa shape index (κ1) is 13.1. The third-order valence-electron chi connectivity index (χ3n) is 2.80. The van der Waals surface area contributed by atoms with Crippen LogP contribution < -0.4 is 4.74 Å². The van der Waals surface area contributed by atoms with Crippen molar-refractivity contribution >= 4 is 22.5 Å². The van der Waals surface area contributed by atoms with E-state index in [4.69, 9.17) is 4.74 Å². The Morgan fingerprint density at radius 2 is 1.74 bits per heavy atom. The number of fused-ring (bicyclic) bond motifs is 1. The van der Waals surface area contributed by atoms with E-state index < -0.39 is 5.97 Å². The van der Waals surface area contributed by atoms with Gasteiger partial charge in [0.25, 0.3) is 0 Å². The van der Waals surface area contributed by atoms with Crippen LogP contribution in [0.3, 0.4) is 0 Å². The zero-order chi connectivity index (χ0) is 13.8. The van der Waals surface area contributed by atoms with Crippen LogP contribution in [0.25, 0.3) is 10.8 Å². The lowest BCUT2D eigenvalue weighted by molar-refractivity contribution is -0.142. The van der Waals surface area contributed by atoms with Gasteiger partial charge in [-0.2, -0.15) is 0 Å². The molecule has 2 aromatic carbocycles. The van der Waals surface area contributed by atoms with Crippen LogP contribution in [0.15, 0.2) is 36.4 Å². The number of Topliss-reactive ketones (excluding diaryl/α,β-unsaturated/α-hetero) is 1. The standard InChI is InChI=1S/C15H14O4/c1-10(16)11-3-4-13-8-14(6-5-12(13)7-11)19-9-15(17)18-2/h3-8H,9H2,1-2H3. The minimum atomic E-state index is -0.424. The van der Waals surface area contributed by atoms with Gasteiger partial charge in [-0.05, 0) is 35.9 Å². The van der Waals surface area contributed by atoms with Gasteiger partial charge in [-0.1, -0.05) is 18.2 Å². The second-order valence-electron chi connectivity index (χ2n) is 4.14. The highest BCUT2D eigenvalue weighted by molar-refractivity contribution is 5.98. The zero-order valence-electron chi connectivity index (χ0n) is 10.8. The molecule has 2 rings (SSSR count). The molecule has 0 aliphatic heterocycles. The number of ether oxygens (including phenoxy) is 2. The van der Waals surface area contributed by atoms with Crippen molar-refractivity contribution < 1.29 is 19.1 Å². The first-order valence-electron chi connectivity index (χ1n) is 5.84. The van der Waals surface area contributed by atoms with Gasteiger partial charge in [0, 0.05) is 5.56 Å². The van der Waals surface area contributed by atoms with E-state index in [0.717, 1.165) is 10.8 Å². The van der Waals surface area contributed by atoms with E-state index in [2.05, 4.69) is 4.74 Å². The highest BCUT2D eigenvalue weighted by Crippen LogP contribution is 2.22. The molecule has 0 aliphatic rings. The normalized spacial score (nSPS) is 10.2. The molecule has 0 aliphatic carbocycles. The van der Waals surface area contributed by atoms with Gasteiger partial charge in [-0.15, -0.1) is 0 Å². The maximum Gasteiger partial charge on any atom is 0.343 e. The highest BCUT2D eigenvalue weighted by Gasteiger charge is 2.04. The summed E-state index contributed by atoms with van der Waals surface area (Å²) in [5, 5.41) is 1.91. The third kappa shape index (κ3) is 3.10. The molecule has 0 unspecified atom stereocenters. The van der Waals surface area contributed by atoms with Gasteiger partial charge in [0.05, 0.1) is 7.11 Å². The molecular weight excluding hydrogens is 244 g/mol. The summed E-state index contributed by atoms with van der Waals surface area (Å²) in [5.74, 6) is 0.202.